The first-order valence-corrected chi connectivity index (χ1v) is 9.39. The molecule has 15 nitrogen and oxygen atoms in total. The molecule has 1 fully saturated rings. The van der Waals surface area contributed by atoms with Gasteiger partial charge in [0, 0.05) is 0 Å². The molecule has 0 aromatic carbocycles. The fourth-order valence-corrected chi connectivity index (χ4v) is 3.52. The first-order valence-electron chi connectivity index (χ1n) is 6.37. The van der Waals surface area contributed by atoms with Crippen LogP contribution in [0.1, 0.15) is 16.7 Å². The van der Waals surface area contributed by atoms with E-state index in [1.54, 1.807) is 0 Å². The van der Waals surface area contributed by atoms with Crippen LogP contribution in [0.3, 0.4) is 0 Å². The molecule has 1 aromatic heterocycles. The van der Waals surface area contributed by atoms with Gasteiger partial charge in [0.05, 0.1) is 12.8 Å². The highest BCUT2D eigenvalue weighted by Gasteiger charge is 2.46. The van der Waals surface area contributed by atoms with Crippen LogP contribution in [-0.4, -0.2) is 70.7 Å². The van der Waals surface area contributed by atoms with Crippen molar-refractivity contribution < 1.29 is 52.4 Å². The predicted molar refractivity (Wildman–Crippen MR) is 73.4 cm³/mol. The van der Waals surface area contributed by atoms with Gasteiger partial charge < -0.3 is 35.4 Å². The van der Waals surface area contributed by atoms with E-state index in [1.165, 1.54) is 0 Å². The SMILES string of the molecule is NC(=O)c1cn([C@@H]2O[C@H](COP(=O)(O)OP(=O)(O)O)[C@@H](O)[C@H]2O)nn1. The molecule has 17 heteroatoms. The van der Waals surface area contributed by atoms with Gasteiger partial charge in [-0.05, 0) is 0 Å². The average Bonchev–Trinajstić information content (AvgIpc) is 3.02. The number of nitrogens with zero attached hydrogens (tertiary/aromatic N) is 3. The number of aromatic nitrogens is 3. The zero-order valence-corrected chi connectivity index (χ0v) is 13.9. The first-order chi connectivity index (χ1) is 11.4. The van der Waals surface area contributed by atoms with E-state index in [0.29, 0.717) is 0 Å². The zero-order valence-electron chi connectivity index (χ0n) is 12.1. The van der Waals surface area contributed by atoms with Gasteiger partial charge in [-0.25, -0.2) is 13.8 Å². The number of hydrogen-bond acceptors (Lipinski definition) is 10. The van der Waals surface area contributed by atoms with Gasteiger partial charge in [0.15, 0.2) is 11.9 Å². The molecule has 1 amide bonds. The third kappa shape index (κ3) is 5.12. The van der Waals surface area contributed by atoms with E-state index >= 15 is 0 Å². The Bertz CT molecular complexity index is 733. The Morgan fingerprint density at radius 2 is 1.96 bits per heavy atom. The van der Waals surface area contributed by atoms with Crippen molar-refractivity contribution >= 4 is 21.6 Å². The van der Waals surface area contributed by atoms with E-state index in [-0.39, 0.29) is 5.69 Å². The second-order valence-electron chi connectivity index (χ2n) is 4.83. The van der Waals surface area contributed by atoms with Crippen molar-refractivity contribution in [3.05, 3.63) is 11.9 Å². The highest BCUT2D eigenvalue weighted by molar-refractivity contribution is 7.60. The summed E-state index contributed by atoms with van der Waals surface area (Å²) < 4.78 is 35.8. The van der Waals surface area contributed by atoms with E-state index in [0.717, 1.165) is 10.9 Å². The van der Waals surface area contributed by atoms with Gasteiger partial charge in [0.2, 0.25) is 0 Å². The van der Waals surface area contributed by atoms with Crippen molar-refractivity contribution in [2.24, 2.45) is 5.73 Å². The van der Waals surface area contributed by atoms with E-state index in [9.17, 15) is 24.1 Å². The number of carbonyl (C=O) groups excluding carboxylic acids is 1. The maximum atomic E-state index is 11.3. The minimum Gasteiger partial charge on any atom is -0.387 e. The minimum atomic E-state index is -5.30. The summed E-state index contributed by atoms with van der Waals surface area (Å²) >= 11 is 0. The average molecular weight is 404 g/mol. The van der Waals surface area contributed by atoms with Crippen molar-refractivity contribution in [3.8, 4) is 0 Å². The smallest absolute Gasteiger partial charge is 0.387 e. The Hall–Kier alpha value is -1.25. The van der Waals surface area contributed by atoms with Crippen LogP contribution in [0, 0.1) is 0 Å². The van der Waals surface area contributed by atoms with E-state index in [4.69, 9.17) is 25.2 Å². The lowest BCUT2D eigenvalue weighted by molar-refractivity contribution is -0.0586. The van der Waals surface area contributed by atoms with Crippen LogP contribution in [0.25, 0.3) is 0 Å². The lowest BCUT2D eigenvalue weighted by Gasteiger charge is -2.17. The number of aliphatic hydroxyl groups excluding tert-OH is 2. The number of hydrogen-bond donors (Lipinski definition) is 6. The topological polar surface area (TPSA) is 237 Å². The molecule has 25 heavy (non-hydrogen) atoms. The Morgan fingerprint density at radius 3 is 2.48 bits per heavy atom. The molecule has 7 N–H and O–H groups in total. The maximum Gasteiger partial charge on any atom is 0.481 e. The summed E-state index contributed by atoms with van der Waals surface area (Å²) in [6.45, 7) is -0.861. The summed E-state index contributed by atoms with van der Waals surface area (Å²) in [6.07, 6.45) is -4.88. The van der Waals surface area contributed by atoms with E-state index in [2.05, 4.69) is 19.1 Å². The van der Waals surface area contributed by atoms with Crippen LogP contribution in [0.2, 0.25) is 0 Å². The largest absolute Gasteiger partial charge is 0.481 e. The van der Waals surface area contributed by atoms with Gasteiger partial charge in [-0.2, -0.15) is 4.31 Å². The lowest BCUT2D eigenvalue weighted by atomic mass is 10.1. The number of phosphoric acid groups is 2. The molecule has 1 unspecified atom stereocenters. The number of carbonyl (C=O) groups is 1. The molecule has 0 radical (unpaired) electrons. The standard InChI is InChI=1S/C8H14N4O11P2/c9-7(15)3-1-12(11-10-3)8-6(14)5(13)4(22-8)2-21-25(19,20)23-24(16,17)18/h1,4-6,8,13-14H,2H2,(H2,9,15)(H,19,20)(H2,16,17,18)/t4-,5-,6-,8-/m1/s1. The molecule has 0 saturated carbocycles. The fourth-order valence-electron chi connectivity index (χ4n) is 1.93. The lowest BCUT2D eigenvalue weighted by Crippen LogP contribution is -2.33. The monoisotopic (exact) mass is 404 g/mol. The predicted octanol–water partition coefficient (Wildman–Crippen LogP) is -2.78. The minimum absolute atomic E-state index is 0.236. The Balaban J connectivity index is 2.03. The number of rotatable bonds is 7. The highest BCUT2D eigenvalue weighted by Crippen LogP contribution is 2.57. The summed E-state index contributed by atoms with van der Waals surface area (Å²) in [5, 5.41) is 26.7. The van der Waals surface area contributed by atoms with Crippen molar-refractivity contribution in [3.63, 3.8) is 0 Å². The molecule has 142 valence electrons. The van der Waals surface area contributed by atoms with Crippen LogP contribution in [0.5, 0.6) is 0 Å². The quantitative estimate of drug-likeness (QED) is 0.253. The molecule has 1 aliphatic rings. The van der Waals surface area contributed by atoms with Gasteiger partial charge >= 0.3 is 15.6 Å². The van der Waals surface area contributed by atoms with Crippen molar-refractivity contribution in [2.75, 3.05) is 6.61 Å². The van der Waals surface area contributed by atoms with Crippen LogP contribution >= 0.6 is 15.6 Å². The van der Waals surface area contributed by atoms with E-state index < -0.39 is 52.7 Å². The third-order valence-electron chi connectivity index (χ3n) is 2.97. The number of ether oxygens (including phenoxy) is 1. The molecular formula is C8H14N4O11P2. The number of nitrogens with two attached hydrogens (primary N) is 1. The van der Waals surface area contributed by atoms with Crippen molar-refractivity contribution in [1.82, 2.24) is 15.0 Å². The van der Waals surface area contributed by atoms with Crippen LogP contribution in [0.4, 0.5) is 0 Å². The summed E-state index contributed by atoms with van der Waals surface area (Å²) in [6, 6.07) is 0. The number of primary amides is 1. The molecular weight excluding hydrogens is 390 g/mol. The summed E-state index contributed by atoms with van der Waals surface area (Å²) in [4.78, 5) is 37.1. The molecule has 0 aliphatic carbocycles. The number of aliphatic hydroxyl groups is 2. The molecule has 2 rings (SSSR count). The van der Waals surface area contributed by atoms with E-state index in [1.807, 2.05) is 0 Å². The summed E-state index contributed by atoms with van der Waals surface area (Å²) in [5.74, 6) is -0.894. The third-order valence-corrected chi connectivity index (χ3v) is 5.12. The second-order valence-corrected chi connectivity index (χ2v) is 7.66. The normalized spacial score (nSPS) is 29.5. The molecule has 1 aliphatic heterocycles. The molecule has 2 heterocycles. The molecule has 0 spiro atoms. The van der Waals surface area contributed by atoms with Crippen LogP contribution < -0.4 is 5.73 Å². The highest BCUT2D eigenvalue weighted by atomic mass is 31.3. The van der Waals surface area contributed by atoms with Gasteiger partial charge in [0.1, 0.15) is 18.3 Å². The number of phosphoric ester groups is 1. The molecule has 1 aromatic rings. The Labute approximate surface area is 138 Å². The summed E-state index contributed by atoms with van der Waals surface area (Å²) in [7, 11) is -10.4. The fraction of sp³-hybridized carbons (Fsp3) is 0.625. The summed E-state index contributed by atoms with van der Waals surface area (Å²) in [5.41, 5.74) is 4.76. The first kappa shape index (κ1) is 20.1. The van der Waals surface area contributed by atoms with Crippen LogP contribution in [0.15, 0.2) is 6.20 Å². The zero-order chi connectivity index (χ0) is 19.0. The second kappa shape index (κ2) is 7.17. The maximum absolute atomic E-state index is 11.3. The Morgan fingerprint density at radius 1 is 1.32 bits per heavy atom. The van der Waals surface area contributed by atoms with Gasteiger partial charge in [-0.15, -0.1) is 5.10 Å². The molecule has 1 saturated heterocycles. The van der Waals surface area contributed by atoms with Gasteiger partial charge in [-0.1, -0.05) is 5.21 Å². The molecule has 0 bridgehead atoms. The number of amides is 1. The van der Waals surface area contributed by atoms with Crippen LogP contribution in [-0.2, 0) is 22.7 Å². The molecule has 5 atom stereocenters. The van der Waals surface area contributed by atoms with Gasteiger partial charge in [-0.3, -0.25) is 9.32 Å². The van der Waals surface area contributed by atoms with Gasteiger partial charge in [0.25, 0.3) is 5.91 Å². The van der Waals surface area contributed by atoms with Crippen molar-refractivity contribution in [2.45, 2.75) is 24.5 Å². The van der Waals surface area contributed by atoms with Crippen molar-refractivity contribution in [1.29, 1.82) is 0 Å². The Kier molecular flexibility index (Phi) is 5.75.